The first kappa shape index (κ1) is 22.6. The Morgan fingerprint density at radius 1 is 1.38 bits per heavy atom. The monoisotopic (exact) mass is 410 g/mol. The van der Waals surface area contributed by atoms with Crippen LogP contribution in [-0.2, 0) is 11.2 Å². The van der Waals surface area contributed by atoms with Gasteiger partial charge in [-0.2, -0.15) is 5.26 Å². The molecule has 13 nitrogen and oxygen atoms in total. The van der Waals surface area contributed by atoms with Gasteiger partial charge in [0, 0.05) is 31.1 Å². The van der Waals surface area contributed by atoms with Crippen LogP contribution in [0.3, 0.4) is 0 Å². The number of rotatable bonds is 5. The number of likely N-dealkylation sites (tertiary alicyclic amines) is 1. The molecule has 1 aromatic heterocycles. The first-order valence-electron chi connectivity index (χ1n) is 8.40. The van der Waals surface area contributed by atoms with Crippen LogP contribution in [-0.4, -0.2) is 88.3 Å². The van der Waals surface area contributed by atoms with Crippen LogP contribution >= 0.6 is 0 Å². The molecule has 7 N–H and O–H groups in total. The van der Waals surface area contributed by atoms with Crippen LogP contribution < -0.4 is 4.90 Å². The summed E-state index contributed by atoms with van der Waals surface area (Å²) >= 11 is 0. The molecule has 1 aliphatic heterocycles. The van der Waals surface area contributed by atoms with E-state index in [1.54, 1.807) is 0 Å². The molecular formula is C16H22N6O7. The van der Waals surface area contributed by atoms with E-state index < -0.39 is 41.9 Å². The van der Waals surface area contributed by atoms with Crippen molar-refractivity contribution in [3.63, 3.8) is 0 Å². The van der Waals surface area contributed by atoms with Gasteiger partial charge >= 0.3 is 5.91 Å². The third-order valence-corrected chi connectivity index (χ3v) is 4.96. The van der Waals surface area contributed by atoms with E-state index in [0.29, 0.717) is 5.56 Å². The van der Waals surface area contributed by atoms with Crippen molar-refractivity contribution in [3.05, 3.63) is 18.1 Å². The maximum Gasteiger partial charge on any atom is 0.310 e. The van der Waals surface area contributed by atoms with Crippen molar-refractivity contribution in [3.8, 4) is 6.07 Å². The first-order valence-corrected chi connectivity index (χ1v) is 8.40. The fourth-order valence-electron chi connectivity index (χ4n) is 3.54. The summed E-state index contributed by atoms with van der Waals surface area (Å²) in [4.78, 5) is 20.8. The largest absolute Gasteiger partial charge is 0.360 e. The summed E-state index contributed by atoms with van der Waals surface area (Å²) in [5.41, 5.74) is 0.370. The second-order valence-electron chi connectivity index (χ2n) is 6.74. The van der Waals surface area contributed by atoms with E-state index in [0.717, 1.165) is 24.4 Å². The first-order chi connectivity index (χ1) is 13.4. The van der Waals surface area contributed by atoms with Crippen LogP contribution in [0.4, 0.5) is 5.82 Å². The number of carbonyl (C=O) groups is 1. The zero-order chi connectivity index (χ0) is 22.2. The molecule has 13 heteroatoms. The van der Waals surface area contributed by atoms with E-state index in [2.05, 4.69) is 9.97 Å². The number of aliphatic hydroxyl groups is 6. The summed E-state index contributed by atoms with van der Waals surface area (Å²) in [5.74, 6) is -13.7. The maximum absolute atomic E-state index is 12.3. The predicted molar refractivity (Wildman–Crippen MR) is 94.5 cm³/mol. The Morgan fingerprint density at radius 3 is 2.55 bits per heavy atom. The number of hydrogen-bond acceptors (Lipinski definition) is 12. The lowest BCUT2D eigenvalue weighted by atomic mass is 9.80. The van der Waals surface area contributed by atoms with Gasteiger partial charge in [-0.05, 0) is 6.21 Å². The second kappa shape index (κ2) is 7.59. The number of piperidine rings is 1. The van der Waals surface area contributed by atoms with E-state index in [9.17, 15) is 35.4 Å². The Bertz CT molecular complexity index is 837. The summed E-state index contributed by atoms with van der Waals surface area (Å²) in [6.45, 7) is 1.09. The zero-order valence-electron chi connectivity index (χ0n) is 15.6. The summed E-state index contributed by atoms with van der Waals surface area (Å²) in [6.07, 6.45) is 2.60. The van der Waals surface area contributed by atoms with Gasteiger partial charge in [0.05, 0.1) is 6.07 Å². The van der Waals surface area contributed by atoms with Gasteiger partial charge in [0.1, 0.15) is 24.6 Å². The molecule has 2 atom stereocenters. The van der Waals surface area contributed by atoms with Crippen LogP contribution in [0.5, 0.6) is 0 Å². The van der Waals surface area contributed by atoms with Gasteiger partial charge in [-0.25, -0.2) is 14.9 Å². The Kier molecular flexibility index (Phi) is 5.91. The highest BCUT2D eigenvalue weighted by Crippen LogP contribution is 2.45. The standard InChI is InChI=1S/C16H22N6O7/c1-9-12(21(2)13-10(3-5-17)7-19-8-20-13)15(26,27)22(11(23)4-6-18)16(28,29)14(9,24)25/h5,7-9,12,17,24-29H,3-4H2,1-2H3. The van der Waals surface area contributed by atoms with Crippen molar-refractivity contribution >= 4 is 17.9 Å². The van der Waals surface area contributed by atoms with Gasteiger partial charge in [0.15, 0.2) is 0 Å². The minimum atomic E-state index is -3.83. The van der Waals surface area contributed by atoms with Crippen molar-refractivity contribution in [1.82, 2.24) is 14.9 Å². The number of likely N-dealkylation sites (N-methyl/N-ethyl adjacent to an activating group) is 1. The molecule has 0 spiro atoms. The molecule has 0 aliphatic carbocycles. The number of nitriles is 1. The Labute approximate surface area is 165 Å². The van der Waals surface area contributed by atoms with Crippen LogP contribution in [0.2, 0.25) is 0 Å². The number of anilines is 1. The molecule has 0 saturated carbocycles. The molecular weight excluding hydrogens is 388 g/mol. The van der Waals surface area contributed by atoms with Gasteiger partial charge in [-0.15, -0.1) is 0 Å². The van der Waals surface area contributed by atoms with Gasteiger partial charge in [0.2, 0.25) is 11.7 Å². The number of hydrogen-bond donors (Lipinski definition) is 7. The fourth-order valence-corrected chi connectivity index (χ4v) is 3.54. The molecule has 2 rings (SSSR count). The highest BCUT2D eigenvalue weighted by atomic mass is 16.6. The van der Waals surface area contributed by atoms with Crippen LogP contribution in [0.25, 0.3) is 0 Å². The molecule has 158 valence electrons. The van der Waals surface area contributed by atoms with Crippen molar-refractivity contribution in [2.24, 2.45) is 5.92 Å². The molecule has 29 heavy (non-hydrogen) atoms. The maximum atomic E-state index is 12.3. The summed E-state index contributed by atoms with van der Waals surface area (Å²) < 4.78 is 0. The predicted octanol–water partition coefficient (Wildman–Crippen LogP) is -3.18. The van der Waals surface area contributed by atoms with Crippen LogP contribution in [0.1, 0.15) is 18.9 Å². The summed E-state index contributed by atoms with van der Waals surface area (Å²) in [6, 6.07) is -0.335. The summed E-state index contributed by atoms with van der Waals surface area (Å²) in [5, 5.41) is 78.8. The van der Waals surface area contributed by atoms with Crippen molar-refractivity contribution in [2.75, 3.05) is 11.9 Å². The number of carbonyl (C=O) groups excluding carboxylic acids is 1. The Hall–Kier alpha value is -2.73. The van der Waals surface area contributed by atoms with E-state index in [4.69, 9.17) is 10.7 Å². The lowest BCUT2D eigenvalue weighted by molar-refractivity contribution is -0.494. The topological polar surface area (TPSA) is 218 Å². The molecule has 2 unspecified atom stereocenters. The molecule has 1 fully saturated rings. The lowest BCUT2D eigenvalue weighted by Crippen LogP contribution is -2.84. The zero-order valence-corrected chi connectivity index (χ0v) is 15.6. The number of aromatic nitrogens is 2. The van der Waals surface area contributed by atoms with Crippen molar-refractivity contribution in [1.29, 1.82) is 10.7 Å². The molecule has 1 saturated heterocycles. The molecule has 1 aromatic rings. The number of nitrogens with one attached hydrogen (secondary N) is 1. The Balaban J connectivity index is 2.66. The molecule has 1 aliphatic rings. The molecule has 0 aromatic carbocycles. The van der Waals surface area contributed by atoms with Gasteiger partial charge < -0.3 is 40.9 Å². The van der Waals surface area contributed by atoms with Crippen LogP contribution in [0.15, 0.2) is 12.5 Å². The quantitative estimate of drug-likeness (QED) is 0.189. The van der Waals surface area contributed by atoms with E-state index in [1.807, 2.05) is 0 Å². The lowest BCUT2D eigenvalue weighted by Gasteiger charge is -2.59. The minimum absolute atomic E-state index is 0.0654. The third-order valence-electron chi connectivity index (χ3n) is 4.96. The number of amides is 1. The highest BCUT2D eigenvalue weighted by molar-refractivity contribution is 5.79. The third kappa shape index (κ3) is 3.42. The summed E-state index contributed by atoms with van der Waals surface area (Å²) in [7, 11) is 1.29. The highest BCUT2D eigenvalue weighted by Gasteiger charge is 2.72. The van der Waals surface area contributed by atoms with E-state index >= 15 is 0 Å². The average Bonchev–Trinajstić information content (AvgIpc) is 2.60. The SMILES string of the molecule is CC1C(N(C)c2ncncc2CC=N)C(O)(O)N(C(=O)CC#N)C(O)(O)C1(O)O. The number of nitrogens with zero attached hydrogens (tertiary/aromatic N) is 5. The van der Waals surface area contributed by atoms with E-state index in [1.165, 1.54) is 19.3 Å². The smallest absolute Gasteiger partial charge is 0.310 e. The van der Waals surface area contributed by atoms with Crippen molar-refractivity contribution in [2.45, 2.75) is 43.4 Å². The fraction of sp³-hybridized carbons (Fsp3) is 0.562. The van der Waals surface area contributed by atoms with Gasteiger partial charge in [-0.3, -0.25) is 4.79 Å². The minimum Gasteiger partial charge on any atom is -0.360 e. The van der Waals surface area contributed by atoms with E-state index in [-0.39, 0.29) is 17.1 Å². The normalized spacial score (nSPS) is 24.4. The molecule has 2 heterocycles. The molecule has 0 radical (unpaired) electrons. The van der Waals surface area contributed by atoms with Gasteiger partial charge in [-0.1, -0.05) is 6.92 Å². The molecule has 0 bridgehead atoms. The van der Waals surface area contributed by atoms with Crippen molar-refractivity contribution < 1.29 is 35.4 Å². The van der Waals surface area contributed by atoms with Crippen LogP contribution in [0, 0.1) is 22.7 Å². The average molecular weight is 410 g/mol. The Morgan fingerprint density at radius 2 is 2.00 bits per heavy atom. The second-order valence-corrected chi connectivity index (χ2v) is 6.74. The van der Waals surface area contributed by atoms with Gasteiger partial charge in [0.25, 0.3) is 5.91 Å². The molecule has 1 amide bonds.